The maximum absolute atomic E-state index is 2.47. The molecule has 6 rings (SSSR count). The van der Waals surface area contributed by atoms with Crippen LogP contribution >= 0.6 is 0 Å². The zero-order valence-corrected chi connectivity index (χ0v) is 27.1. The first-order valence-corrected chi connectivity index (χ1v) is 15.8. The molecule has 0 N–H and O–H groups in total. The molecule has 2 nitrogen and oxygen atoms in total. The first-order chi connectivity index (χ1) is 21.2. The number of rotatable bonds is 7. The Morgan fingerprint density at radius 1 is 0.545 bits per heavy atom. The van der Waals surface area contributed by atoms with Crippen molar-refractivity contribution in [1.82, 2.24) is 4.57 Å². The second-order valence-electron chi connectivity index (χ2n) is 12.7. The average Bonchev–Trinajstić information content (AvgIpc) is 3.39. The van der Waals surface area contributed by atoms with Gasteiger partial charge in [-0.15, -0.1) is 0 Å². The maximum atomic E-state index is 2.47. The van der Waals surface area contributed by atoms with Gasteiger partial charge in [-0.1, -0.05) is 98.8 Å². The quantitative estimate of drug-likeness (QED) is 0.167. The molecule has 1 heterocycles. The average molecular weight is 576 g/mol. The first kappa shape index (κ1) is 29.4. The van der Waals surface area contributed by atoms with Crippen LogP contribution in [0.2, 0.25) is 0 Å². The van der Waals surface area contributed by atoms with Crippen molar-refractivity contribution < 1.29 is 4.57 Å². The Balaban J connectivity index is 1.83. The zero-order chi connectivity index (χ0) is 31.0. The lowest BCUT2D eigenvalue weighted by atomic mass is 9.85. The standard InChI is InChI=1S/C42H43N2/c1-28(2)27-43-23-24-44(42(43)36-22-12-11-15-29(36)3)41-37(39-30(4)16-13-17-31(39)5)25-35(34-20-9-8-10-21-34)26-38(41)40-32(6)18-14-19-33(40)7/h8-26,28H,27H2,1-7H3/q+1. The topological polar surface area (TPSA) is 8.81 Å². The van der Waals surface area contributed by atoms with Crippen LogP contribution in [0.1, 0.15) is 41.7 Å². The van der Waals surface area contributed by atoms with Gasteiger partial charge in [-0.25, -0.2) is 4.57 Å². The molecule has 0 atom stereocenters. The van der Waals surface area contributed by atoms with E-state index < -0.39 is 0 Å². The highest BCUT2D eigenvalue weighted by Gasteiger charge is 2.30. The van der Waals surface area contributed by atoms with Gasteiger partial charge in [-0.05, 0) is 109 Å². The molecule has 2 heteroatoms. The Labute approximate surface area is 263 Å². The summed E-state index contributed by atoms with van der Waals surface area (Å²) < 4.78 is 4.92. The predicted octanol–water partition coefficient (Wildman–Crippen LogP) is 10.6. The molecule has 0 saturated carbocycles. The summed E-state index contributed by atoms with van der Waals surface area (Å²) in [6.07, 6.45) is 4.56. The third-order valence-corrected chi connectivity index (χ3v) is 8.80. The number of hydrogen-bond donors (Lipinski definition) is 0. The van der Waals surface area contributed by atoms with Crippen LogP contribution in [0.15, 0.2) is 116 Å². The van der Waals surface area contributed by atoms with Gasteiger partial charge in [0.2, 0.25) is 0 Å². The lowest BCUT2D eigenvalue weighted by Gasteiger charge is -2.21. The van der Waals surface area contributed by atoms with E-state index >= 15 is 0 Å². The Morgan fingerprint density at radius 2 is 1.05 bits per heavy atom. The zero-order valence-electron chi connectivity index (χ0n) is 27.1. The minimum Gasteiger partial charge on any atom is -0.229 e. The van der Waals surface area contributed by atoms with E-state index in [-0.39, 0.29) is 0 Å². The summed E-state index contributed by atoms with van der Waals surface area (Å²) in [4.78, 5) is 0. The van der Waals surface area contributed by atoms with E-state index in [1.54, 1.807) is 0 Å². The highest BCUT2D eigenvalue weighted by atomic mass is 15.2. The maximum Gasteiger partial charge on any atom is 0.294 e. The van der Waals surface area contributed by atoms with E-state index in [0.29, 0.717) is 5.92 Å². The van der Waals surface area contributed by atoms with Crippen LogP contribution in [0.4, 0.5) is 0 Å². The molecule has 220 valence electrons. The van der Waals surface area contributed by atoms with Crippen molar-refractivity contribution in [2.45, 2.75) is 55.0 Å². The van der Waals surface area contributed by atoms with E-state index in [1.807, 2.05) is 0 Å². The highest BCUT2D eigenvalue weighted by Crippen LogP contribution is 2.44. The summed E-state index contributed by atoms with van der Waals surface area (Å²) in [6, 6.07) is 37.8. The van der Waals surface area contributed by atoms with Gasteiger partial charge in [-0.2, -0.15) is 4.57 Å². The van der Waals surface area contributed by atoms with Gasteiger partial charge in [0.1, 0.15) is 18.1 Å². The Hall–Kier alpha value is -4.69. The van der Waals surface area contributed by atoms with Gasteiger partial charge in [0.25, 0.3) is 5.82 Å². The van der Waals surface area contributed by atoms with Gasteiger partial charge < -0.3 is 0 Å². The van der Waals surface area contributed by atoms with Crippen molar-refractivity contribution in [2.75, 3.05) is 0 Å². The molecule has 44 heavy (non-hydrogen) atoms. The molecule has 0 unspecified atom stereocenters. The molecule has 0 spiro atoms. The fourth-order valence-electron chi connectivity index (χ4n) is 6.81. The van der Waals surface area contributed by atoms with Crippen molar-refractivity contribution in [3.63, 3.8) is 0 Å². The summed E-state index contributed by atoms with van der Waals surface area (Å²) in [5.41, 5.74) is 16.4. The summed E-state index contributed by atoms with van der Waals surface area (Å²) in [5, 5.41) is 0. The molecule has 0 aliphatic heterocycles. The Kier molecular flexibility index (Phi) is 8.10. The van der Waals surface area contributed by atoms with Crippen LogP contribution in [-0.4, -0.2) is 4.57 Å². The van der Waals surface area contributed by atoms with E-state index in [4.69, 9.17) is 0 Å². The summed E-state index contributed by atoms with van der Waals surface area (Å²) >= 11 is 0. The SMILES string of the molecule is Cc1ccccc1-c1n(-c2c(-c3c(C)cccc3C)cc(-c3ccccc3)cc2-c2c(C)cccc2C)cc[n+]1CC(C)C. The van der Waals surface area contributed by atoms with Crippen LogP contribution in [0, 0.1) is 40.5 Å². The highest BCUT2D eigenvalue weighted by molar-refractivity contribution is 5.94. The van der Waals surface area contributed by atoms with Gasteiger partial charge >= 0.3 is 0 Å². The molecule has 6 aromatic rings. The summed E-state index contributed by atoms with van der Waals surface area (Å²) in [6.45, 7) is 16.7. The van der Waals surface area contributed by atoms with Crippen LogP contribution in [0.25, 0.3) is 50.5 Å². The van der Waals surface area contributed by atoms with Crippen molar-refractivity contribution >= 4 is 0 Å². The molecular weight excluding hydrogens is 532 g/mol. The molecule has 0 saturated heterocycles. The Morgan fingerprint density at radius 3 is 1.57 bits per heavy atom. The number of aryl methyl sites for hydroxylation is 5. The van der Waals surface area contributed by atoms with Crippen molar-refractivity contribution in [1.29, 1.82) is 0 Å². The van der Waals surface area contributed by atoms with E-state index in [9.17, 15) is 0 Å². The lowest BCUT2D eigenvalue weighted by Crippen LogP contribution is -2.37. The normalized spacial score (nSPS) is 11.4. The smallest absolute Gasteiger partial charge is 0.229 e. The number of hydrogen-bond acceptors (Lipinski definition) is 0. The predicted molar refractivity (Wildman–Crippen MR) is 186 cm³/mol. The molecular formula is C42H43N2+. The van der Waals surface area contributed by atoms with E-state index in [0.717, 1.165) is 6.54 Å². The fourth-order valence-corrected chi connectivity index (χ4v) is 6.81. The largest absolute Gasteiger partial charge is 0.294 e. The van der Waals surface area contributed by atoms with Crippen molar-refractivity contribution in [3.05, 3.63) is 143 Å². The van der Waals surface area contributed by atoms with E-state index in [1.165, 1.54) is 78.3 Å². The van der Waals surface area contributed by atoms with Gasteiger partial charge in [-0.3, -0.25) is 0 Å². The first-order valence-electron chi connectivity index (χ1n) is 15.8. The molecule has 0 fully saturated rings. The third kappa shape index (κ3) is 5.42. The van der Waals surface area contributed by atoms with Gasteiger partial charge in [0, 0.05) is 11.1 Å². The Bertz CT molecular complexity index is 1840. The second-order valence-corrected chi connectivity index (χ2v) is 12.7. The third-order valence-electron chi connectivity index (χ3n) is 8.80. The van der Waals surface area contributed by atoms with Crippen LogP contribution in [-0.2, 0) is 6.54 Å². The molecule has 0 radical (unpaired) electrons. The van der Waals surface area contributed by atoms with Crippen molar-refractivity contribution in [2.24, 2.45) is 5.92 Å². The minimum atomic E-state index is 0.509. The number of aromatic nitrogens is 2. The van der Waals surface area contributed by atoms with Crippen LogP contribution < -0.4 is 4.57 Å². The van der Waals surface area contributed by atoms with Gasteiger partial charge in [0.05, 0.1) is 12.1 Å². The molecule has 5 aromatic carbocycles. The molecule has 0 aliphatic rings. The minimum absolute atomic E-state index is 0.509. The number of imidazole rings is 1. The monoisotopic (exact) mass is 575 g/mol. The van der Waals surface area contributed by atoms with Crippen LogP contribution in [0.3, 0.4) is 0 Å². The van der Waals surface area contributed by atoms with Gasteiger partial charge in [0.15, 0.2) is 0 Å². The molecule has 1 aromatic heterocycles. The summed E-state index contributed by atoms with van der Waals surface area (Å²) in [5.74, 6) is 1.72. The van der Waals surface area contributed by atoms with Crippen LogP contribution in [0.5, 0.6) is 0 Å². The molecule has 0 aliphatic carbocycles. The van der Waals surface area contributed by atoms with E-state index in [2.05, 4.69) is 173 Å². The fraction of sp³-hybridized carbons (Fsp3) is 0.214. The lowest BCUT2D eigenvalue weighted by molar-refractivity contribution is -0.690. The molecule has 0 amide bonds. The number of benzene rings is 5. The molecule has 0 bridgehead atoms. The summed E-state index contributed by atoms with van der Waals surface area (Å²) in [7, 11) is 0. The van der Waals surface area contributed by atoms with Crippen molar-refractivity contribution in [3.8, 4) is 50.5 Å². The second kappa shape index (κ2) is 12.1. The number of nitrogens with zero attached hydrogens (tertiary/aromatic N) is 2.